The van der Waals surface area contributed by atoms with E-state index in [9.17, 15) is 0 Å². The van der Waals surface area contributed by atoms with Crippen LogP contribution in [-0.2, 0) is 0 Å². The summed E-state index contributed by atoms with van der Waals surface area (Å²) in [5.74, 6) is 0.605. The van der Waals surface area contributed by atoms with E-state index in [0.717, 1.165) is 12.8 Å². The van der Waals surface area contributed by atoms with E-state index in [1.54, 1.807) is 0 Å². The Hall–Kier alpha value is -1.08. The van der Waals surface area contributed by atoms with E-state index in [2.05, 4.69) is 58.9 Å². The van der Waals surface area contributed by atoms with Crippen molar-refractivity contribution in [2.24, 2.45) is 11.3 Å². The second-order valence-electron chi connectivity index (χ2n) is 7.05. The van der Waals surface area contributed by atoms with Crippen molar-refractivity contribution in [1.82, 2.24) is 0 Å². The first-order valence-electron chi connectivity index (χ1n) is 8.19. The van der Waals surface area contributed by atoms with E-state index in [1.165, 1.54) is 29.6 Å². The smallest absolute Gasteiger partial charge is 0.0614 e. The van der Waals surface area contributed by atoms with Gasteiger partial charge in [0, 0.05) is 0 Å². The number of hydrogen-bond donors (Lipinski definition) is 1. The van der Waals surface area contributed by atoms with Crippen molar-refractivity contribution in [2.45, 2.75) is 60.3 Å². The van der Waals surface area contributed by atoms with Crippen LogP contribution in [-0.4, -0.2) is 11.7 Å². The van der Waals surface area contributed by atoms with Gasteiger partial charge >= 0.3 is 0 Å². The maximum absolute atomic E-state index is 8.85. The van der Waals surface area contributed by atoms with Crippen LogP contribution >= 0.6 is 0 Å². The highest BCUT2D eigenvalue weighted by Gasteiger charge is 2.23. The van der Waals surface area contributed by atoms with Crippen LogP contribution in [0.25, 0.3) is 0 Å². The molecule has 0 aromatic rings. The largest absolute Gasteiger partial charge is 0.392 e. The Kier molecular flexibility index (Phi) is 7.17. The predicted octanol–water partition coefficient (Wildman–Crippen LogP) is 5.59. The average Bonchev–Trinajstić information content (AvgIpc) is 2.37. The molecule has 1 atom stereocenters. The molecule has 0 radical (unpaired) electrons. The Bertz CT molecular complexity index is 446. The summed E-state index contributed by atoms with van der Waals surface area (Å²) in [5.41, 5.74) is 4.44. The highest BCUT2D eigenvalue weighted by Crippen LogP contribution is 2.37. The van der Waals surface area contributed by atoms with Gasteiger partial charge in [0.05, 0.1) is 6.61 Å². The molecule has 0 bridgehead atoms. The van der Waals surface area contributed by atoms with E-state index in [0.29, 0.717) is 5.92 Å². The molecule has 21 heavy (non-hydrogen) atoms. The van der Waals surface area contributed by atoms with Gasteiger partial charge in [-0.15, -0.1) is 0 Å². The molecule has 0 amide bonds. The molecule has 0 saturated heterocycles. The molecule has 1 aliphatic rings. The number of hydrogen-bond acceptors (Lipinski definition) is 1. The minimum Gasteiger partial charge on any atom is -0.392 e. The van der Waals surface area contributed by atoms with Crippen molar-refractivity contribution in [3.05, 3.63) is 47.1 Å². The summed E-state index contributed by atoms with van der Waals surface area (Å²) in [6.07, 6.45) is 15.8. The monoisotopic (exact) mass is 288 g/mol. The van der Waals surface area contributed by atoms with Gasteiger partial charge in [0.2, 0.25) is 0 Å². The quantitative estimate of drug-likeness (QED) is 0.605. The molecule has 1 rings (SSSR count). The van der Waals surface area contributed by atoms with Crippen molar-refractivity contribution in [3.63, 3.8) is 0 Å². The maximum atomic E-state index is 8.85. The van der Waals surface area contributed by atoms with Crippen molar-refractivity contribution in [1.29, 1.82) is 0 Å². The number of rotatable bonds is 7. The first kappa shape index (κ1) is 18.0. The lowest BCUT2D eigenvalue weighted by molar-refractivity contribution is 0.341. The zero-order chi connectivity index (χ0) is 15.9. The topological polar surface area (TPSA) is 20.2 Å². The molecule has 0 aromatic heterocycles. The standard InChI is InChI=1S/C20H32O/c1-16(8-6-9-17(2)13-15-21)11-12-19-18(3)10-7-14-20(19,4)5/h7,10-13,16,21H,6,8-9,14-15H2,1-5H3/b12-11+,17-13+. The lowest BCUT2D eigenvalue weighted by Gasteiger charge is -2.29. The SMILES string of the molecule is CC1=C(/C=C/C(C)CCC/C(C)=C/CO)C(C)(C)CC=C1. The molecule has 0 fully saturated rings. The Balaban J connectivity index is 2.52. The molecule has 0 aliphatic heterocycles. The zero-order valence-corrected chi connectivity index (χ0v) is 14.4. The molecular formula is C20H32O. The molecule has 0 spiro atoms. The molecule has 1 aliphatic carbocycles. The maximum Gasteiger partial charge on any atom is 0.0614 e. The van der Waals surface area contributed by atoms with E-state index in [1.807, 2.05) is 6.08 Å². The third-order valence-corrected chi connectivity index (χ3v) is 4.41. The molecule has 1 nitrogen and oxygen atoms in total. The van der Waals surface area contributed by atoms with Crippen molar-refractivity contribution in [2.75, 3.05) is 6.61 Å². The van der Waals surface area contributed by atoms with Crippen LogP contribution in [0.3, 0.4) is 0 Å². The third kappa shape index (κ3) is 6.05. The van der Waals surface area contributed by atoms with Crippen LogP contribution in [0.1, 0.15) is 60.3 Å². The third-order valence-electron chi connectivity index (χ3n) is 4.41. The summed E-state index contributed by atoms with van der Waals surface area (Å²) in [6.45, 7) is 11.4. The van der Waals surface area contributed by atoms with Gasteiger partial charge < -0.3 is 5.11 Å². The van der Waals surface area contributed by atoms with Crippen LogP contribution in [0.2, 0.25) is 0 Å². The van der Waals surface area contributed by atoms with Crippen LogP contribution < -0.4 is 0 Å². The van der Waals surface area contributed by atoms with Crippen molar-refractivity contribution in [3.8, 4) is 0 Å². The fourth-order valence-corrected chi connectivity index (χ4v) is 2.94. The predicted molar refractivity (Wildman–Crippen MR) is 93.2 cm³/mol. The summed E-state index contributed by atoms with van der Waals surface area (Å²) in [4.78, 5) is 0. The summed E-state index contributed by atoms with van der Waals surface area (Å²) >= 11 is 0. The van der Waals surface area contributed by atoms with Gasteiger partial charge in [0.25, 0.3) is 0 Å². The fourth-order valence-electron chi connectivity index (χ4n) is 2.94. The van der Waals surface area contributed by atoms with Gasteiger partial charge in [-0.3, -0.25) is 0 Å². The normalized spacial score (nSPS) is 20.4. The Labute approximate surface area is 131 Å². The van der Waals surface area contributed by atoms with Crippen LogP contribution in [0, 0.1) is 11.3 Å². The van der Waals surface area contributed by atoms with E-state index in [-0.39, 0.29) is 12.0 Å². The van der Waals surface area contributed by atoms with Gasteiger partial charge in [-0.2, -0.15) is 0 Å². The molecule has 118 valence electrons. The van der Waals surface area contributed by atoms with Crippen molar-refractivity contribution < 1.29 is 5.11 Å². The van der Waals surface area contributed by atoms with Gasteiger partial charge in [-0.1, -0.05) is 56.7 Å². The first-order valence-corrected chi connectivity index (χ1v) is 8.19. The molecule has 1 N–H and O–H groups in total. The minimum absolute atomic E-state index is 0.164. The Morgan fingerprint density at radius 3 is 2.76 bits per heavy atom. The van der Waals surface area contributed by atoms with E-state index >= 15 is 0 Å². The number of allylic oxidation sites excluding steroid dienone is 7. The second-order valence-corrected chi connectivity index (χ2v) is 7.05. The molecule has 0 aromatic carbocycles. The van der Waals surface area contributed by atoms with Crippen LogP contribution in [0.5, 0.6) is 0 Å². The fraction of sp³-hybridized carbons (Fsp3) is 0.600. The summed E-state index contributed by atoms with van der Waals surface area (Å²) in [6, 6.07) is 0. The molecule has 1 unspecified atom stereocenters. The van der Waals surface area contributed by atoms with Gasteiger partial charge in [-0.05, 0) is 62.0 Å². The summed E-state index contributed by atoms with van der Waals surface area (Å²) < 4.78 is 0. The Morgan fingerprint density at radius 1 is 1.43 bits per heavy atom. The molecule has 0 heterocycles. The van der Waals surface area contributed by atoms with Gasteiger partial charge in [-0.25, -0.2) is 0 Å². The van der Waals surface area contributed by atoms with Gasteiger partial charge in [0.1, 0.15) is 0 Å². The van der Waals surface area contributed by atoms with E-state index in [4.69, 9.17) is 5.11 Å². The first-order chi connectivity index (χ1) is 9.86. The number of aliphatic hydroxyl groups excluding tert-OH is 1. The average molecular weight is 288 g/mol. The molecule has 1 heteroatoms. The zero-order valence-electron chi connectivity index (χ0n) is 14.4. The van der Waals surface area contributed by atoms with E-state index < -0.39 is 0 Å². The highest BCUT2D eigenvalue weighted by atomic mass is 16.2. The van der Waals surface area contributed by atoms with Gasteiger partial charge in [0.15, 0.2) is 0 Å². The lowest BCUT2D eigenvalue weighted by Crippen LogP contribution is -2.16. The lowest BCUT2D eigenvalue weighted by atomic mass is 9.75. The van der Waals surface area contributed by atoms with Crippen LogP contribution in [0.4, 0.5) is 0 Å². The van der Waals surface area contributed by atoms with Crippen molar-refractivity contribution >= 4 is 0 Å². The second kappa shape index (κ2) is 8.38. The highest BCUT2D eigenvalue weighted by molar-refractivity contribution is 5.39. The molecule has 0 saturated carbocycles. The Morgan fingerprint density at radius 2 is 2.14 bits per heavy atom. The van der Waals surface area contributed by atoms with Crippen LogP contribution in [0.15, 0.2) is 47.1 Å². The molecular weight excluding hydrogens is 256 g/mol. The summed E-state index contributed by atoms with van der Waals surface area (Å²) in [7, 11) is 0. The minimum atomic E-state index is 0.164. The summed E-state index contributed by atoms with van der Waals surface area (Å²) in [5, 5.41) is 8.85. The number of aliphatic hydroxyl groups is 1.